The fourth-order valence-electron chi connectivity index (χ4n) is 1.65. The Kier molecular flexibility index (Phi) is 2.62. The van der Waals surface area contributed by atoms with E-state index in [0.29, 0.717) is 5.95 Å². The molecule has 0 saturated carbocycles. The van der Waals surface area contributed by atoms with E-state index in [2.05, 4.69) is 27.8 Å². The highest BCUT2D eigenvalue weighted by atomic mass is 16.5. The SMILES string of the molecule is CC(Nc1nnnn1C)C1CCCO1. The van der Waals surface area contributed by atoms with E-state index in [1.165, 1.54) is 0 Å². The molecule has 0 aliphatic carbocycles. The third-order valence-corrected chi connectivity index (χ3v) is 2.50. The van der Waals surface area contributed by atoms with Crippen molar-refractivity contribution < 1.29 is 4.74 Å². The molecular weight excluding hydrogens is 182 g/mol. The van der Waals surface area contributed by atoms with Crippen molar-refractivity contribution in [1.82, 2.24) is 20.2 Å². The standard InChI is InChI=1S/C8H15N5O/c1-6(7-4-3-5-14-7)9-8-10-11-12-13(8)2/h6-7H,3-5H2,1-2H3,(H,9,10,12). The summed E-state index contributed by atoms with van der Waals surface area (Å²) in [5.74, 6) is 0.688. The summed E-state index contributed by atoms with van der Waals surface area (Å²) in [6, 6.07) is 0.252. The monoisotopic (exact) mass is 197 g/mol. The zero-order chi connectivity index (χ0) is 9.97. The lowest BCUT2D eigenvalue weighted by molar-refractivity contribution is 0.0993. The molecule has 1 N–H and O–H groups in total. The Labute approximate surface area is 82.6 Å². The van der Waals surface area contributed by atoms with Crippen LogP contribution in [0.4, 0.5) is 5.95 Å². The molecule has 0 radical (unpaired) electrons. The molecule has 0 amide bonds. The molecule has 1 saturated heterocycles. The van der Waals surface area contributed by atoms with E-state index in [4.69, 9.17) is 4.74 Å². The van der Waals surface area contributed by atoms with Gasteiger partial charge in [0.2, 0.25) is 5.95 Å². The number of tetrazole rings is 1. The van der Waals surface area contributed by atoms with Gasteiger partial charge in [-0.1, -0.05) is 5.10 Å². The van der Waals surface area contributed by atoms with Gasteiger partial charge < -0.3 is 10.1 Å². The second kappa shape index (κ2) is 3.91. The van der Waals surface area contributed by atoms with Crippen LogP contribution in [0.15, 0.2) is 0 Å². The van der Waals surface area contributed by atoms with E-state index in [1.54, 1.807) is 4.68 Å². The topological polar surface area (TPSA) is 64.9 Å². The number of aromatic nitrogens is 4. The molecule has 1 aromatic heterocycles. The van der Waals surface area contributed by atoms with Gasteiger partial charge in [-0.05, 0) is 30.2 Å². The third kappa shape index (κ3) is 1.84. The number of ether oxygens (including phenoxy) is 1. The molecule has 2 heterocycles. The Morgan fingerprint density at radius 2 is 2.50 bits per heavy atom. The zero-order valence-corrected chi connectivity index (χ0v) is 8.47. The van der Waals surface area contributed by atoms with Crippen LogP contribution in [0.2, 0.25) is 0 Å². The minimum absolute atomic E-state index is 0.252. The van der Waals surface area contributed by atoms with Gasteiger partial charge in [-0.15, -0.1) is 0 Å². The van der Waals surface area contributed by atoms with Gasteiger partial charge in [-0.3, -0.25) is 0 Å². The van der Waals surface area contributed by atoms with Gasteiger partial charge in [0.1, 0.15) is 0 Å². The summed E-state index contributed by atoms with van der Waals surface area (Å²) in [5.41, 5.74) is 0. The lowest BCUT2D eigenvalue weighted by atomic mass is 10.1. The molecule has 0 aromatic carbocycles. The summed E-state index contributed by atoms with van der Waals surface area (Å²) in [7, 11) is 1.81. The Morgan fingerprint density at radius 3 is 3.07 bits per heavy atom. The van der Waals surface area contributed by atoms with Crippen LogP contribution in [0.25, 0.3) is 0 Å². The first-order valence-corrected chi connectivity index (χ1v) is 4.88. The summed E-state index contributed by atoms with van der Waals surface area (Å²) < 4.78 is 7.18. The van der Waals surface area contributed by atoms with E-state index in [-0.39, 0.29) is 12.1 Å². The molecule has 0 bridgehead atoms. The number of hydrogen-bond donors (Lipinski definition) is 1. The van der Waals surface area contributed by atoms with Crippen LogP contribution in [-0.2, 0) is 11.8 Å². The number of nitrogens with zero attached hydrogens (tertiary/aromatic N) is 4. The van der Waals surface area contributed by atoms with Crippen LogP contribution < -0.4 is 5.32 Å². The van der Waals surface area contributed by atoms with Gasteiger partial charge in [-0.25, -0.2) is 4.68 Å². The van der Waals surface area contributed by atoms with Gasteiger partial charge in [0.25, 0.3) is 0 Å². The van der Waals surface area contributed by atoms with E-state index in [1.807, 2.05) is 7.05 Å². The predicted molar refractivity (Wildman–Crippen MR) is 50.9 cm³/mol. The van der Waals surface area contributed by atoms with Crippen molar-refractivity contribution in [3.8, 4) is 0 Å². The van der Waals surface area contributed by atoms with Crippen LogP contribution in [-0.4, -0.2) is 39.0 Å². The maximum Gasteiger partial charge on any atom is 0.242 e. The molecule has 1 fully saturated rings. The Morgan fingerprint density at radius 1 is 1.64 bits per heavy atom. The summed E-state index contributed by atoms with van der Waals surface area (Å²) >= 11 is 0. The summed E-state index contributed by atoms with van der Waals surface area (Å²) in [6.45, 7) is 2.96. The van der Waals surface area contributed by atoms with Crippen molar-refractivity contribution in [2.45, 2.75) is 31.9 Å². The average molecular weight is 197 g/mol. The zero-order valence-electron chi connectivity index (χ0n) is 8.47. The third-order valence-electron chi connectivity index (χ3n) is 2.50. The molecule has 2 unspecified atom stereocenters. The number of nitrogens with one attached hydrogen (secondary N) is 1. The fourth-order valence-corrected chi connectivity index (χ4v) is 1.65. The first-order valence-electron chi connectivity index (χ1n) is 4.88. The first kappa shape index (κ1) is 9.39. The Balaban J connectivity index is 1.93. The second-order valence-electron chi connectivity index (χ2n) is 3.61. The highest BCUT2D eigenvalue weighted by molar-refractivity contribution is 5.23. The van der Waals surface area contributed by atoms with Crippen LogP contribution in [0.1, 0.15) is 19.8 Å². The molecular formula is C8H15N5O. The van der Waals surface area contributed by atoms with Crippen LogP contribution in [0.5, 0.6) is 0 Å². The predicted octanol–water partition coefficient (Wildman–Crippen LogP) is 0.189. The normalized spacial score (nSPS) is 23.7. The fraction of sp³-hybridized carbons (Fsp3) is 0.875. The van der Waals surface area contributed by atoms with E-state index in [0.717, 1.165) is 19.4 Å². The Bertz CT molecular complexity index is 294. The van der Waals surface area contributed by atoms with Gasteiger partial charge in [0.15, 0.2) is 0 Å². The Hall–Kier alpha value is -1.17. The van der Waals surface area contributed by atoms with Crippen LogP contribution >= 0.6 is 0 Å². The van der Waals surface area contributed by atoms with E-state index < -0.39 is 0 Å². The highest BCUT2D eigenvalue weighted by Gasteiger charge is 2.23. The van der Waals surface area contributed by atoms with Gasteiger partial charge in [0, 0.05) is 13.7 Å². The van der Waals surface area contributed by atoms with Crippen LogP contribution in [0, 0.1) is 0 Å². The number of rotatable bonds is 3. The molecule has 78 valence electrons. The number of aryl methyl sites for hydroxylation is 1. The minimum Gasteiger partial charge on any atom is -0.376 e. The largest absolute Gasteiger partial charge is 0.376 e. The summed E-state index contributed by atoms with van der Waals surface area (Å²) in [6.07, 6.45) is 2.54. The van der Waals surface area contributed by atoms with Crippen molar-refractivity contribution in [2.75, 3.05) is 11.9 Å². The molecule has 6 nitrogen and oxygen atoms in total. The smallest absolute Gasteiger partial charge is 0.242 e. The molecule has 0 spiro atoms. The maximum atomic E-state index is 5.56. The molecule has 2 atom stereocenters. The van der Waals surface area contributed by atoms with Crippen molar-refractivity contribution in [1.29, 1.82) is 0 Å². The highest BCUT2D eigenvalue weighted by Crippen LogP contribution is 2.17. The first-order chi connectivity index (χ1) is 6.77. The van der Waals surface area contributed by atoms with Crippen molar-refractivity contribution >= 4 is 5.95 Å². The molecule has 1 aliphatic rings. The molecule has 1 aromatic rings. The van der Waals surface area contributed by atoms with Gasteiger partial charge in [0.05, 0.1) is 12.1 Å². The van der Waals surface area contributed by atoms with E-state index in [9.17, 15) is 0 Å². The van der Waals surface area contributed by atoms with Crippen molar-refractivity contribution in [3.63, 3.8) is 0 Å². The van der Waals surface area contributed by atoms with Gasteiger partial charge in [-0.2, -0.15) is 0 Å². The van der Waals surface area contributed by atoms with Crippen molar-refractivity contribution in [2.24, 2.45) is 7.05 Å². The lowest BCUT2D eigenvalue weighted by Crippen LogP contribution is -2.31. The maximum absolute atomic E-state index is 5.56. The quantitative estimate of drug-likeness (QED) is 0.749. The number of anilines is 1. The van der Waals surface area contributed by atoms with Crippen molar-refractivity contribution in [3.05, 3.63) is 0 Å². The number of hydrogen-bond acceptors (Lipinski definition) is 5. The molecule has 14 heavy (non-hydrogen) atoms. The minimum atomic E-state index is 0.252. The van der Waals surface area contributed by atoms with Crippen LogP contribution in [0.3, 0.4) is 0 Å². The summed E-state index contributed by atoms with van der Waals surface area (Å²) in [4.78, 5) is 0. The average Bonchev–Trinajstić information content (AvgIpc) is 2.77. The summed E-state index contributed by atoms with van der Waals surface area (Å²) in [5, 5.41) is 14.4. The molecule has 6 heteroatoms. The molecule has 2 rings (SSSR count). The second-order valence-corrected chi connectivity index (χ2v) is 3.61. The molecule has 1 aliphatic heterocycles. The van der Waals surface area contributed by atoms with Gasteiger partial charge >= 0.3 is 0 Å². The lowest BCUT2D eigenvalue weighted by Gasteiger charge is -2.19. The van der Waals surface area contributed by atoms with E-state index >= 15 is 0 Å².